The van der Waals surface area contributed by atoms with E-state index in [9.17, 15) is 13.2 Å². The summed E-state index contributed by atoms with van der Waals surface area (Å²) in [6.07, 6.45) is -1.29. The van der Waals surface area contributed by atoms with Crippen molar-refractivity contribution >= 4 is 11.0 Å². The molecule has 0 fully saturated rings. The Morgan fingerprint density at radius 2 is 1.96 bits per heavy atom. The molecule has 6 nitrogen and oxygen atoms in total. The fourth-order valence-electron chi connectivity index (χ4n) is 2.65. The topological polar surface area (TPSA) is 69.6 Å². The number of hydrogen-bond donors (Lipinski definition) is 0. The van der Waals surface area contributed by atoms with Gasteiger partial charge in [-0.05, 0) is 23.8 Å². The zero-order chi connectivity index (χ0) is 18.3. The van der Waals surface area contributed by atoms with E-state index >= 15 is 0 Å². The fraction of sp³-hybridized carbons (Fsp3) is 0.176. The van der Waals surface area contributed by atoms with Gasteiger partial charge in [0.2, 0.25) is 5.89 Å². The van der Waals surface area contributed by atoms with Crippen LogP contribution >= 0.6 is 0 Å². The van der Waals surface area contributed by atoms with Gasteiger partial charge in [-0.1, -0.05) is 17.3 Å². The Labute approximate surface area is 145 Å². The normalized spacial score (nSPS) is 12.0. The molecule has 132 valence electrons. The van der Waals surface area contributed by atoms with Crippen LogP contribution in [0.15, 0.2) is 47.2 Å². The molecule has 0 saturated heterocycles. The minimum absolute atomic E-state index is 0.272. The molecule has 0 aliphatic rings. The van der Waals surface area contributed by atoms with Crippen molar-refractivity contribution in [3.05, 3.63) is 60.0 Å². The average molecular weight is 359 g/mol. The highest BCUT2D eigenvalue weighted by atomic mass is 19.4. The van der Waals surface area contributed by atoms with Crippen LogP contribution in [0.25, 0.3) is 22.2 Å². The standard InChI is InChI=1S/C17H12F3N5O/c1-10-23-16(24-26-10)9-25-15-6-12(7-21-14(15)8-22-25)11-3-2-4-13(5-11)17(18,19)20/h2-8H,9H2,1H3. The van der Waals surface area contributed by atoms with Crippen molar-refractivity contribution < 1.29 is 17.7 Å². The molecule has 0 bridgehead atoms. The van der Waals surface area contributed by atoms with E-state index in [1.807, 2.05) is 0 Å². The molecule has 3 aromatic heterocycles. The summed E-state index contributed by atoms with van der Waals surface area (Å²) >= 11 is 0. The van der Waals surface area contributed by atoms with Crippen molar-refractivity contribution in [3.8, 4) is 11.1 Å². The second-order valence-corrected chi connectivity index (χ2v) is 5.74. The number of aromatic nitrogens is 5. The second kappa shape index (κ2) is 5.94. The Balaban J connectivity index is 1.74. The van der Waals surface area contributed by atoms with Crippen LogP contribution in [0.3, 0.4) is 0 Å². The molecule has 0 saturated carbocycles. The first-order valence-electron chi connectivity index (χ1n) is 7.68. The summed E-state index contributed by atoms with van der Waals surface area (Å²) in [6.45, 7) is 1.96. The maximum Gasteiger partial charge on any atom is 0.416 e. The predicted octanol–water partition coefficient (Wildman–Crippen LogP) is 3.86. The van der Waals surface area contributed by atoms with Crippen molar-refractivity contribution in [2.75, 3.05) is 0 Å². The lowest BCUT2D eigenvalue weighted by Crippen LogP contribution is -2.04. The molecule has 9 heteroatoms. The summed E-state index contributed by atoms with van der Waals surface area (Å²) in [5.41, 5.74) is 1.58. The van der Waals surface area contributed by atoms with Gasteiger partial charge in [-0.25, -0.2) is 0 Å². The van der Waals surface area contributed by atoms with Gasteiger partial charge in [0.1, 0.15) is 12.1 Å². The Bertz CT molecular complexity index is 1080. The third-order valence-corrected chi connectivity index (χ3v) is 3.88. The number of benzene rings is 1. The SMILES string of the molecule is Cc1nc(Cn2ncc3ncc(-c4cccc(C(F)(F)F)c4)cc32)no1. The van der Waals surface area contributed by atoms with Gasteiger partial charge in [0.25, 0.3) is 0 Å². The van der Waals surface area contributed by atoms with Crippen LogP contribution in [0.5, 0.6) is 0 Å². The number of hydrogen-bond acceptors (Lipinski definition) is 5. The minimum Gasteiger partial charge on any atom is -0.340 e. The Hall–Kier alpha value is -3.23. The molecular formula is C17H12F3N5O. The van der Waals surface area contributed by atoms with Crippen LogP contribution < -0.4 is 0 Å². The van der Waals surface area contributed by atoms with E-state index in [1.165, 1.54) is 12.3 Å². The van der Waals surface area contributed by atoms with Gasteiger partial charge >= 0.3 is 6.18 Å². The highest BCUT2D eigenvalue weighted by Gasteiger charge is 2.30. The molecule has 0 spiro atoms. The van der Waals surface area contributed by atoms with Crippen LogP contribution in [0.1, 0.15) is 17.3 Å². The number of halogens is 3. The van der Waals surface area contributed by atoms with E-state index < -0.39 is 11.7 Å². The van der Waals surface area contributed by atoms with E-state index in [0.717, 1.165) is 12.1 Å². The van der Waals surface area contributed by atoms with Gasteiger partial charge in [0.15, 0.2) is 5.82 Å². The maximum atomic E-state index is 12.9. The molecule has 0 aliphatic heterocycles. The summed E-state index contributed by atoms with van der Waals surface area (Å²) in [6, 6.07) is 6.88. The van der Waals surface area contributed by atoms with E-state index in [-0.39, 0.29) is 6.54 Å². The van der Waals surface area contributed by atoms with Crippen molar-refractivity contribution in [3.63, 3.8) is 0 Å². The third-order valence-electron chi connectivity index (χ3n) is 3.88. The van der Waals surface area contributed by atoms with E-state index in [1.54, 1.807) is 29.9 Å². The van der Waals surface area contributed by atoms with Gasteiger partial charge in [0.05, 0.1) is 17.3 Å². The molecule has 0 unspecified atom stereocenters. The summed E-state index contributed by atoms with van der Waals surface area (Å²) in [7, 11) is 0. The van der Waals surface area contributed by atoms with Gasteiger partial charge in [-0.2, -0.15) is 23.3 Å². The van der Waals surface area contributed by atoms with Crippen molar-refractivity contribution in [2.45, 2.75) is 19.6 Å². The van der Waals surface area contributed by atoms with Crippen molar-refractivity contribution in [2.24, 2.45) is 0 Å². The summed E-state index contributed by atoms with van der Waals surface area (Å²) in [5, 5.41) is 8.07. The predicted molar refractivity (Wildman–Crippen MR) is 86.1 cm³/mol. The van der Waals surface area contributed by atoms with Crippen molar-refractivity contribution in [1.82, 2.24) is 24.9 Å². The Morgan fingerprint density at radius 3 is 2.69 bits per heavy atom. The number of aryl methyl sites for hydroxylation is 1. The first-order chi connectivity index (χ1) is 12.4. The first-order valence-corrected chi connectivity index (χ1v) is 7.68. The largest absolute Gasteiger partial charge is 0.416 e. The smallest absolute Gasteiger partial charge is 0.340 e. The van der Waals surface area contributed by atoms with Crippen LogP contribution in [0.4, 0.5) is 13.2 Å². The van der Waals surface area contributed by atoms with Crippen LogP contribution in [-0.4, -0.2) is 24.9 Å². The quantitative estimate of drug-likeness (QED) is 0.556. The average Bonchev–Trinajstić information content (AvgIpc) is 3.20. The van der Waals surface area contributed by atoms with Crippen molar-refractivity contribution in [1.29, 1.82) is 0 Å². The summed E-state index contributed by atoms with van der Waals surface area (Å²) < 4.78 is 45.4. The van der Waals surface area contributed by atoms with Gasteiger partial charge in [-0.3, -0.25) is 9.67 Å². The Kier molecular flexibility index (Phi) is 3.71. The fourth-order valence-corrected chi connectivity index (χ4v) is 2.65. The van der Waals surface area contributed by atoms with Gasteiger partial charge < -0.3 is 4.52 Å². The lowest BCUT2D eigenvalue weighted by Gasteiger charge is -2.09. The minimum atomic E-state index is -4.40. The molecule has 4 rings (SSSR count). The van der Waals surface area contributed by atoms with E-state index in [0.29, 0.717) is 33.9 Å². The molecule has 26 heavy (non-hydrogen) atoms. The monoisotopic (exact) mass is 359 g/mol. The number of fused-ring (bicyclic) bond motifs is 1. The molecule has 0 amide bonds. The highest BCUT2D eigenvalue weighted by Crippen LogP contribution is 2.32. The lowest BCUT2D eigenvalue weighted by atomic mass is 10.0. The summed E-state index contributed by atoms with van der Waals surface area (Å²) in [4.78, 5) is 8.42. The van der Waals surface area contributed by atoms with Crippen LogP contribution in [0, 0.1) is 6.92 Å². The lowest BCUT2D eigenvalue weighted by molar-refractivity contribution is -0.137. The molecule has 0 radical (unpaired) electrons. The number of nitrogens with zero attached hydrogens (tertiary/aromatic N) is 5. The zero-order valence-corrected chi connectivity index (χ0v) is 13.5. The maximum absolute atomic E-state index is 12.9. The van der Waals surface area contributed by atoms with E-state index in [4.69, 9.17) is 4.52 Å². The Morgan fingerprint density at radius 1 is 1.12 bits per heavy atom. The zero-order valence-electron chi connectivity index (χ0n) is 13.5. The first kappa shape index (κ1) is 16.2. The second-order valence-electron chi connectivity index (χ2n) is 5.74. The van der Waals surface area contributed by atoms with E-state index in [2.05, 4.69) is 20.2 Å². The number of rotatable bonds is 3. The molecule has 0 aliphatic carbocycles. The molecule has 3 heterocycles. The molecular weight excluding hydrogens is 347 g/mol. The number of alkyl halides is 3. The molecule has 4 aromatic rings. The summed E-state index contributed by atoms with van der Waals surface area (Å²) in [5.74, 6) is 0.899. The molecule has 0 N–H and O–H groups in total. The van der Waals surface area contributed by atoms with Gasteiger partial charge in [-0.15, -0.1) is 0 Å². The molecule has 1 aromatic carbocycles. The van der Waals surface area contributed by atoms with Crippen LogP contribution in [0.2, 0.25) is 0 Å². The van der Waals surface area contributed by atoms with Crippen LogP contribution in [-0.2, 0) is 12.7 Å². The molecule has 0 atom stereocenters. The third kappa shape index (κ3) is 3.03. The van der Waals surface area contributed by atoms with Gasteiger partial charge in [0, 0.05) is 18.7 Å². The number of pyridine rings is 1. The highest BCUT2D eigenvalue weighted by molar-refractivity contribution is 5.80.